The lowest BCUT2D eigenvalue weighted by atomic mass is 10.1. The molecular formula is C20H28N6O. The van der Waals surface area contributed by atoms with Crippen molar-refractivity contribution >= 4 is 17.7 Å². The van der Waals surface area contributed by atoms with Crippen molar-refractivity contribution in [2.24, 2.45) is 4.99 Å². The fraction of sp³-hybridized carbons (Fsp3) is 0.450. The standard InChI is InChI=1S/C20H28N6O/c1-3-26(4-2)16-10-9-15(19(27)12-16)14-23-11-7-5-6-8-18-17(13-21)20(22)25-24-18/h9-10,12,14,27H,3-8,11H2,1-2H3,(H3,22,24,25). The van der Waals surface area contributed by atoms with E-state index in [0.29, 0.717) is 12.1 Å². The Labute approximate surface area is 160 Å². The van der Waals surface area contributed by atoms with Crippen LogP contribution in [0.4, 0.5) is 11.5 Å². The van der Waals surface area contributed by atoms with E-state index in [1.54, 1.807) is 12.3 Å². The number of hydrogen-bond acceptors (Lipinski definition) is 6. The summed E-state index contributed by atoms with van der Waals surface area (Å²) in [5, 5.41) is 25.9. The van der Waals surface area contributed by atoms with E-state index in [-0.39, 0.29) is 11.6 Å². The van der Waals surface area contributed by atoms with Gasteiger partial charge >= 0.3 is 0 Å². The van der Waals surface area contributed by atoms with Gasteiger partial charge in [0.15, 0.2) is 5.82 Å². The van der Waals surface area contributed by atoms with Gasteiger partial charge in [0.05, 0.1) is 5.69 Å². The number of hydrogen-bond donors (Lipinski definition) is 3. The van der Waals surface area contributed by atoms with Crippen molar-refractivity contribution < 1.29 is 5.11 Å². The number of rotatable bonds is 10. The van der Waals surface area contributed by atoms with Crippen LogP contribution in [0.2, 0.25) is 0 Å². The van der Waals surface area contributed by atoms with Gasteiger partial charge in [0.2, 0.25) is 0 Å². The highest BCUT2D eigenvalue weighted by atomic mass is 16.3. The van der Waals surface area contributed by atoms with Crippen molar-refractivity contribution in [3.05, 3.63) is 35.0 Å². The number of aromatic nitrogens is 2. The van der Waals surface area contributed by atoms with E-state index in [4.69, 9.17) is 11.0 Å². The second kappa shape index (κ2) is 10.2. The van der Waals surface area contributed by atoms with Crippen LogP contribution in [-0.4, -0.2) is 41.2 Å². The van der Waals surface area contributed by atoms with Gasteiger partial charge in [-0.2, -0.15) is 10.4 Å². The van der Waals surface area contributed by atoms with Crippen LogP contribution in [0, 0.1) is 11.3 Å². The van der Waals surface area contributed by atoms with Gasteiger partial charge in [-0.25, -0.2) is 0 Å². The van der Waals surface area contributed by atoms with Crippen LogP contribution in [0.5, 0.6) is 5.75 Å². The molecule has 0 spiro atoms. The Morgan fingerprint density at radius 2 is 2.07 bits per heavy atom. The normalized spacial score (nSPS) is 11.0. The Hall–Kier alpha value is -3.01. The van der Waals surface area contributed by atoms with Crippen LogP contribution in [0.25, 0.3) is 0 Å². The first-order chi connectivity index (χ1) is 13.1. The number of nitrogen functional groups attached to an aromatic ring is 1. The number of nitrogens with zero attached hydrogens (tertiary/aromatic N) is 4. The zero-order valence-corrected chi connectivity index (χ0v) is 16.1. The molecule has 0 fully saturated rings. The smallest absolute Gasteiger partial charge is 0.163 e. The molecule has 0 bridgehead atoms. The van der Waals surface area contributed by atoms with Crippen molar-refractivity contribution in [2.45, 2.75) is 39.5 Å². The summed E-state index contributed by atoms with van der Waals surface area (Å²) in [6.45, 7) is 6.71. The monoisotopic (exact) mass is 368 g/mol. The molecule has 2 aromatic rings. The van der Waals surface area contributed by atoms with E-state index in [0.717, 1.165) is 55.7 Å². The van der Waals surface area contributed by atoms with Crippen LogP contribution in [0.3, 0.4) is 0 Å². The van der Waals surface area contributed by atoms with Crippen molar-refractivity contribution in [3.8, 4) is 11.8 Å². The van der Waals surface area contributed by atoms with Crippen LogP contribution in [-0.2, 0) is 6.42 Å². The molecule has 27 heavy (non-hydrogen) atoms. The molecule has 7 nitrogen and oxygen atoms in total. The van der Waals surface area contributed by atoms with Crippen LogP contribution < -0.4 is 10.6 Å². The molecule has 0 saturated heterocycles. The Kier molecular flexibility index (Phi) is 7.68. The molecule has 0 saturated carbocycles. The minimum atomic E-state index is 0.254. The number of aromatic hydroxyl groups is 1. The Balaban J connectivity index is 1.75. The number of unbranched alkanes of at least 4 members (excludes halogenated alkanes) is 2. The van der Waals surface area contributed by atoms with E-state index in [1.807, 2.05) is 12.1 Å². The fourth-order valence-electron chi connectivity index (χ4n) is 2.97. The molecule has 0 atom stereocenters. The minimum Gasteiger partial charge on any atom is -0.507 e. The van der Waals surface area contributed by atoms with Gasteiger partial charge in [-0.3, -0.25) is 10.1 Å². The predicted molar refractivity (Wildman–Crippen MR) is 109 cm³/mol. The zero-order chi connectivity index (χ0) is 19.6. The minimum absolute atomic E-state index is 0.254. The highest BCUT2D eigenvalue weighted by molar-refractivity contribution is 5.84. The largest absolute Gasteiger partial charge is 0.507 e. The molecule has 1 heterocycles. The maximum Gasteiger partial charge on any atom is 0.163 e. The topological polar surface area (TPSA) is 114 Å². The first-order valence-electron chi connectivity index (χ1n) is 9.41. The summed E-state index contributed by atoms with van der Waals surface area (Å²) in [7, 11) is 0. The number of phenolic OH excluding ortho intramolecular Hbond substituents is 1. The number of benzene rings is 1. The van der Waals surface area contributed by atoms with Gasteiger partial charge in [0.25, 0.3) is 0 Å². The van der Waals surface area contributed by atoms with E-state index in [1.165, 1.54) is 0 Å². The van der Waals surface area contributed by atoms with Gasteiger partial charge < -0.3 is 15.7 Å². The number of aryl methyl sites for hydroxylation is 1. The number of nitrogens with two attached hydrogens (primary N) is 1. The molecule has 2 rings (SSSR count). The van der Waals surface area contributed by atoms with Gasteiger partial charge in [0, 0.05) is 43.2 Å². The third kappa shape index (κ3) is 5.48. The van der Waals surface area contributed by atoms with E-state index in [9.17, 15) is 5.11 Å². The second-order valence-electron chi connectivity index (χ2n) is 6.34. The number of phenols is 1. The van der Waals surface area contributed by atoms with E-state index >= 15 is 0 Å². The Morgan fingerprint density at radius 3 is 2.74 bits per heavy atom. The number of aromatic amines is 1. The zero-order valence-electron chi connectivity index (χ0n) is 16.1. The molecule has 0 aliphatic heterocycles. The van der Waals surface area contributed by atoms with Gasteiger partial charge in [-0.05, 0) is 45.2 Å². The molecule has 0 aliphatic rings. The van der Waals surface area contributed by atoms with Gasteiger partial charge in [-0.1, -0.05) is 6.42 Å². The number of anilines is 2. The summed E-state index contributed by atoms with van der Waals surface area (Å²) in [5.41, 5.74) is 8.63. The van der Waals surface area contributed by atoms with Gasteiger partial charge in [0.1, 0.15) is 17.4 Å². The molecule has 0 radical (unpaired) electrons. The molecule has 4 N–H and O–H groups in total. The lowest BCUT2D eigenvalue weighted by Gasteiger charge is -2.21. The number of nitriles is 1. The molecule has 144 valence electrons. The quantitative estimate of drug-likeness (QED) is 0.440. The lowest BCUT2D eigenvalue weighted by molar-refractivity contribution is 0.474. The van der Waals surface area contributed by atoms with E-state index < -0.39 is 0 Å². The molecule has 1 aromatic carbocycles. The second-order valence-corrected chi connectivity index (χ2v) is 6.34. The number of nitrogens with one attached hydrogen (secondary N) is 1. The SMILES string of the molecule is CCN(CC)c1ccc(C=NCCCCCc2[nH]nc(N)c2C#N)c(O)c1. The number of aliphatic imine (C=N–C) groups is 1. The third-order valence-electron chi connectivity index (χ3n) is 4.57. The van der Waals surface area contributed by atoms with Crippen molar-refractivity contribution in [1.82, 2.24) is 10.2 Å². The molecule has 7 heteroatoms. The Bertz CT molecular complexity index is 801. The highest BCUT2D eigenvalue weighted by Gasteiger charge is 2.09. The third-order valence-corrected chi connectivity index (χ3v) is 4.57. The summed E-state index contributed by atoms with van der Waals surface area (Å²) in [6, 6.07) is 7.78. The van der Waals surface area contributed by atoms with Crippen LogP contribution in [0.1, 0.15) is 49.9 Å². The molecule has 0 amide bonds. The highest BCUT2D eigenvalue weighted by Crippen LogP contribution is 2.23. The summed E-state index contributed by atoms with van der Waals surface area (Å²) in [4.78, 5) is 6.59. The molecular weight excluding hydrogens is 340 g/mol. The summed E-state index contributed by atoms with van der Waals surface area (Å²) in [6.07, 6.45) is 5.36. The summed E-state index contributed by atoms with van der Waals surface area (Å²) >= 11 is 0. The molecule has 0 aliphatic carbocycles. The van der Waals surface area contributed by atoms with Crippen LogP contribution >= 0.6 is 0 Å². The molecule has 1 aromatic heterocycles. The lowest BCUT2D eigenvalue weighted by Crippen LogP contribution is -2.21. The first-order valence-corrected chi connectivity index (χ1v) is 9.41. The van der Waals surface area contributed by atoms with E-state index in [2.05, 4.69) is 40.0 Å². The molecule has 0 unspecified atom stereocenters. The maximum atomic E-state index is 10.2. The predicted octanol–water partition coefficient (Wildman–Crippen LogP) is 3.25. The Morgan fingerprint density at radius 1 is 1.30 bits per heavy atom. The average molecular weight is 368 g/mol. The number of H-pyrrole nitrogens is 1. The van der Waals surface area contributed by atoms with Crippen LogP contribution in [0.15, 0.2) is 23.2 Å². The van der Waals surface area contributed by atoms with Crippen molar-refractivity contribution in [1.29, 1.82) is 5.26 Å². The maximum absolute atomic E-state index is 10.2. The van der Waals surface area contributed by atoms with Crippen molar-refractivity contribution in [3.63, 3.8) is 0 Å². The average Bonchev–Trinajstić information content (AvgIpc) is 3.03. The summed E-state index contributed by atoms with van der Waals surface area (Å²) in [5.74, 6) is 0.521. The summed E-state index contributed by atoms with van der Waals surface area (Å²) < 4.78 is 0. The van der Waals surface area contributed by atoms with Crippen molar-refractivity contribution in [2.75, 3.05) is 30.3 Å². The van der Waals surface area contributed by atoms with Gasteiger partial charge in [-0.15, -0.1) is 0 Å². The first kappa shape index (κ1) is 20.3. The fourth-order valence-corrected chi connectivity index (χ4v) is 2.97.